The smallest absolute Gasteiger partial charge is 0.214 e. The van der Waals surface area contributed by atoms with Crippen molar-refractivity contribution >= 4 is 11.0 Å². The standard InChI is InChI=1S/C20H16FN7O/c1-2-28-16-7-6-13(19-23-12-29-26-19)10-15(16)25-18(28)11-27-9-8-22-20(27)14-4-3-5-17(21)24-14/h3-10,12H,2,11H2,1H3. The Hall–Kier alpha value is -3.88. The number of benzene rings is 1. The predicted octanol–water partition coefficient (Wildman–Crippen LogP) is 3.55. The minimum atomic E-state index is -0.535. The zero-order valence-corrected chi connectivity index (χ0v) is 15.5. The summed E-state index contributed by atoms with van der Waals surface area (Å²) in [6.07, 6.45) is 4.82. The maximum absolute atomic E-state index is 13.5. The molecule has 5 aromatic rings. The number of fused-ring (bicyclic) bond motifs is 1. The Bertz CT molecular complexity index is 1290. The van der Waals surface area contributed by atoms with E-state index in [0.717, 1.165) is 29.0 Å². The Morgan fingerprint density at radius 3 is 2.83 bits per heavy atom. The van der Waals surface area contributed by atoms with Gasteiger partial charge in [-0.25, -0.2) is 15.0 Å². The van der Waals surface area contributed by atoms with Crippen molar-refractivity contribution in [2.45, 2.75) is 20.0 Å². The zero-order chi connectivity index (χ0) is 19.8. The Balaban J connectivity index is 1.55. The van der Waals surface area contributed by atoms with Crippen molar-refractivity contribution in [2.75, 3.05) is 0 Å². The first kappa shape index (κ1) is 17.2. The second-order valence-corrected chi connectivity index (χ2v) is 6.45. The quantitative estimate of drug-likeness (QED) is 0.427. The van der Waals surface area contributed by atoms with E-state index < -0.39 is 5.95 Å². The van der Waals surface area contributed by atoms with Crippen LogP contribution in [0.15, 0.2) is 59.7 Å². The molecule has 0 aliphatic heterocycles. The average molecular weight is 389 g/mol. The molecule has 144 valence electrons. The SMILES string of the molecule is CCn1c(Cn2ccnc2-c2cccc(F)n2)nc2cc(-c3ncon3)ccc21. The van der Waals surface area contributed by atoms with E-state index in [0.29, 0.717) is 23.9 Å². The summed E-state index contributed by atoms with van der Waals surface area (Å²) >= 11 is 0. The lowest BCUT2D eigenvalue weighted by molar-refractivity contribution is 0.419. The van der Waals surface area contributed by atoms with Crippen LogP contribution in [0.5, 0.6) is 0 Å². The van der Waals surface area contributed by atoms with Gasteiger partial charge in [0.05, 0.1) is 17.6 Å². The summed E-state index contributed by atoms with van der Waals surface area (Å²) in [6, 6.07) is 10.6. The highest BCUT2D eigenvalue weighted by Gasteiger charge is 2.15. The number of nitrogens with zero attached hydrogens (tertiary/aromatic N) is 7. The number of aromatic nitrogens is 7. The van der Waals surface area contributed by atoms with Gasteiger partial charge >= 0.3 is 0 Å². The fourth-order valence-electron chi connectivity index (χ4n) is 3.45. The average Bonchev–Trinajstić information content (AvgIpc) is 3.47. The molecule has 0 radical (unpaired) electrons. The summed E-state index contributed by atoms with van der Waals surface area (Å²) in [5.41, 5.74) is 3.18. The molecule has 0 aliphatic rings. The highest BCUT2D eigenvalue weighted by atomic mass is 19.1. The number of hydrogen-bond donors (Lipinski definition) is 0. The molecule has 8 nitrogen and oxygen atoms in total. The van der Waals surface area contributed by atoms with Gasteiger partial charge in [-0.1, -0.05) is 11.2 Å². The molecule has 4 aromatic heterocycles. The molecular formula is C20H16FN7O. The van der Waals surface area contributed by atoms with Crippen LogP contribution in [0.2, 0.25) is 0 Å². The van der Waals surface area contributed by atoms with Crippen molar-refractivity contribution in [3.63, 3.8) is 0 Å². The van der Waals surface area contributed by atoms with Crippen LogP contribution in [0.4, 0.5) is 4.39 Å². The summed E-state index contributed by atoms with van der Waals surface area (Å²) in [5, 5.41) is 3.89. The molecule has 0 amide bonds. The Morgan fingerprint density at radius 1 is 1.10 bits per heavy atom. The first-order valence-corrected chi connectivity index (χ1v) is 9.13. The Morgan fingerprint density at radius 2 is 2.03 bits per heavy atom. The van der Waals surface area contributed by atoms with Crippen molar-refractivity contribution in [1.82, 2.24) is 34.2 Å². The molecule has 0 N–H and O–H groups in total. The summed E-state index contributed by atoms with van der Waals surface area (Å²) in [5.74, 6) is 1.44. The molecule has 0 saturated carbocycles. The highest BCUT2D eigenvalue weighted by Crippen LogP contribution is 2.24. The maximum atomic E-state index is 13.5. The van der Waals surface area contributed by atoms with E-state index in [1.807, 2.05) is 29.0 Å². The maximum Gasteiger partial charge on any atom is 0.214 e. The fourth-order valence-corrected chi connectivity index (χ4v) is 3.45. The Labute approximate surface area is 164 Å². The molecule has 0 saturated heterocycles. The van der Waals surface area contributed by atoms with Crippen molar-refractivity contribution in [2.24, 2.45) is 0 Å². The van der Waals surface area contributed by atoms with Gasteiger partial charge in [-0.2, -0.15) is 9.37 Å². The van der Waals surface area contributed by atoms with Crippen LogP contribution in [0.25, 0.3) is 33.9 Å². The van der Waals surface area contributed by atoms with Gasteiger partial charge in [0.25, 0.3) is 0 Å². The lowest BCUT2D eigenvalue weighted by Crippen LogP contribution is -2.09. The molecule has 29 heavy (non-hydrogen) atoms. The lowest BCUT2D eigenvalue weighted by atomic mass is 10.2. The number of rotatable bonds is 5. The second kappa shape index (κ2) is 6.93. The molecule has 0 bridgehead atoms. The minimum absolute atomic E-state index is 0.480. The minimum Gasteiger partial charge on any atom is -0.342 e. The third-order valence-electron chi connectivity index (χ3n) is 4.73. The van der Waals surface area contributed by atoms with E-state index in [4.69, 9.17) is 9.51 Å². The van der Waals surface area contributed by atoms with Crippen LogP contribution in [-0.2, 0) is 13.1 Å². The van der Waals surface area contributed by atoms with E-state index >= 15 is 0 Å². The highest BCUT2D eigenvalue weighted by molar-refractivity contribution is 5.81. The zero-order valence-electron chi connectivity index (χ0n) is 15.5. The largest absolute Gasteiger partial charge is 0.342 e. The lowest BCUT2D eigenvalue weighted by Gasteiger charge is -2.09. The van der Waals surface area contributed by atoms with Gasteiger partial charge in [-0.05, 0) is 37.3 Å². The van der Waals surface area contributed by atoms with E-state index in [9.17, 15) is 4.39 Å². The summed E-state index contributed by atoms with van der Waals surface area (Å²) in [6.45, 7) is 3.31. The molecule has 5 rings (SSSR count). The molecule has 1 aromatic carbocycles. The van der Waals surface area contributed by atoms with E-state index in [-0.39, 0.29) is 0 Å². The van der Waals surface area contributed by atoms with Crippen LogP contribution < -0.4 is 0 Å². The third kappa shape index (κ3) is 3.06. The van der Waals surface area contributed by atoms with Crippen molar-refractivity contribution in [3.8, 4) is 22.9 Å². The van der Waals surface area contributed by atoms with Gasteiger partial charge in [0.2, 0.25) is 18.2 Å². The van der Waals surface area contributed by atoms with Gasteiger partial charge in [-0.15, -0.1) is 0 Å². The first-order valence-electron chi connectivity index (χ1n) is 9.13. The molecule has 0 unspecified atom stereocenters. The molecule has 0 aliphatic carbocycles. The third-order valence-corrected chi connectivity index (χ3v) is 4.73. The van der Waals surface area contributed by atoms with Gasteiger partial charge in [0.1, 0.15) is 11.5 Å². The van der Waals surface area contributed by atoms with E-state index in [1.54, 1.807) is 18.3 Å². The van der Waals surface area contributed by atoms with Crippen LogP contribution in [0, 0.1) is 5.95 Å². The van der Waals surface area contributed by atoms with Crippen molar-refractivity contribution in [3.05, 3.63) is 67.0 Å². The van der Waals surface area contributed by atoms with Crippen LogP contribution in [0.3, 0.4) is 0 Å². The van der Waals surface area contributed by atoms with Gasteiger partial charge in [-0.3, -0.25) is 0 Å². The topological polar surface area (TPSA) is 87.5 Å². The molecule has 0 atom stereocenters. The first-order chi connectivity index (χ1) is 14.2. The summed E-state index contributed by atoms with van der Waals surface area (Å²) < 4.78 is 22.4. The Kier molecular flexibility index (Phi) is 4.12. The van der Waals surface area contributed by atoms with E-state index in [2.05, 4.69) is 31.6 Å². The number of hydrogen-bond acceptors (Lipinski definition) is 6. The second-order valence-electron chi connectivity index (χ2n) is 6.45. The number of pyridine rings is 1. The van der Waals surface area contributed by atoms with Gasteiger partial charge in [0, 0.05) is 24.5 Å². The van der Waals surface area contributed by atoms with Gasteiger partial charge < -0.3 is 13.7 Å². The molecular weight excluding hydrogens is 373 g/mol. The number of aryl methyl sites for hydroxylation is 1. The van der Waals surface area contributed by atoms with Gasteiger partial charge in [0.15, 0.2) is 5.82 Å². The van der Waals surface area contributed by atoms with Crippen molar-refractivity contribution in [1.29, 1.82) is 0 Å². The molecule has 4 heterocycles. The molecule has 0 fully saturated rings. The number of imidazole rings is 2. The molecule has 9 heteroatoms. The van der Waals surface area contributed by atoms with E-state index in [1.165, 1.54) is 12.5 Å². The fraction of sp³-hybridized carbons (Fsp3) is 0.150. The van der Waals surface area contributed by atoms with Crippen LogP contribution in [-0.4, -0.2) is 34.2 Å². The van der Waals surface area contributed by atoms with Crippen LogP contribution >= 0.6 is 0 Å². The predicted molar refractivity (Wildman–Crippen MR) is 103 cm³/mol. The van der Waals surface area contributed by atoms with Crippen molar-refractivity contribution < 1.29 is 8.91 Å². The number of halogens is 1. The summed E-state index contributed by atoms with van der Waals surface area (Å²) in [7, 11) is 0. The monoisotopic (exact) mass is 389 g/mol. The molecule has 0 spiro atoms. The van der Waals surface area contributed by atoms with Crippen LogP contribution in [0.1, 0.15) is 12.7 Å². The summed E-state index contributed by atoms with van der Waals surface area (Å²) in [4.78, 5) is 17.2. The normalized spacial score (nSPS) is 11.4.